The van der Waals surface area contributed by atoms with E-state index < -0.39 is 0 Å². The zero-order valence-electron chi connectivity index (χ0n) is 12.4. The summed E-state index contributed by atoms with van der Waals surface area (Å²) in [6.45, 7) is 3.85. The lowest BCUT2D eigenvalue weighted by atomic mass is 10.1. The summed E-state index contributed by atoms with van der Waals surface area (Å²) in [7, 11) is 3.10. The number of hydrogen-bond acceptors (Lipinski definition) is 5. The zero-order valence-corrected chi connectivity index (χ0v) is 13.2. The first-order valence-corrected chi connectivity index (χ1v) is 6.88. The molecule has 0 aliphatic heterocycles. The number of aliphatic hydroxyl groups excluding tert-OH is 1. The lowest BCUT2D eigenvalue weighted by Crippen LogP contribution is -2.07. The quantitative estimate of drug-likeness (QED) is 0.919. The van der Waals surface area contributed by atoms with Crippen molar-refractivity contribution in [3.63, 3.8) is 0 Å². The second-order valence-electron chi connectivity index (χ2n) is 4.80. The lowest BCUT2D eigenvalue weighted by Gasteiger charge is -2.15. The molecule has 1 aromatic carbocycles. The Morgan fingerprint density at radius 2 is 1.90 bits per heavy atom. The van der Waals surface area contributed by atoms with Crippen LogP contribution >= 0.6 is 11.6 Å². The van der Waals surface area contributed by atoms with E-state index in [1.807, 2.05) is 13.8 Å². The highest BCUT2D eigenvalue weighted by atomic mass is 35.5. The van der Waals surface area contributed by atoms with Crippen LogP contribution < -0.4 is 9.47 Å². The lowest BCUT2D eigenvalue weighted by molar-refractivity contribution is 0.275. The van der Waals surface area contributed by atoms with Gasteiger partial charge in [-0.2, -0.15) is 0 Å². The zero-order chi connectivity index (χ0) is 15.6. The molecule has 114 valence electrons. The average molecular weight is 312 g/mol. The standard InChI is InChI=1S/C14H18ClN3O3/c1-8(2)14-10(7-19)16-17-18(14)11-6-12(20-3)9(15)5-13(11)21-4/h5-6,8,19H,7H2,1-4H3. The number of nitrogens with zero attached hydrogens (tertiary/aromatic N) is 3. The van der Waals surface area contributed by atoms with Crippen LogP contribution in [0.3, 0.4) is 0 Å². The van der Waals surface area contributed by atoms with Crippen LogP contribution in [0, 0.1) is 0 Å². The van der Waals surface area contributed by atoms with Crippen molar-refractivity contribution < 1.29 is 14.6 Å². The van der Waals surface area contributed by atoms with Gasteiger partial charge in [-0.05, 0) is 5.92 Å². The normalized spacial score (nSPS) is 11.0. The molecule has 7 heteroatoms. The van der Waals surface area contributed by atoms with Gasteiger partial charge in [-0.25, -0.2) is 4.68 Å². The van der Waals surface area contributed by atoms with Gasteiger partial charge >= 0.3 is 0 Å². The van der Waals surface area contributed by atoms with Crippen LogP contribution in [0.2, 0.25) is 5.02 Å². The first kappa shape index (κ1) is 15.6. The SMILES string of the molecule is COc1cc(-n2nnc(CO)c2C(C)C)c(OC)cc1Cl. The topological polar surface area (TPSA) is 69.4 Å². The molecule has 0 atom stereocenters. The minimum absolute atomic E-state index is 0.133. The molecular weight excluding hydrogens is 294 g/mol. The highest BCUT2D eigenvalue weighted by Crippen LogP contribution is 2.36. The third-order valence-corrected chi connectivity index (χ3v) is 3.45. The van der Waals surface area contributed by atoms with Crippen molar-refractivity contribution in [3.05, 3.63) is 28.5 Å². The van der Waals surface area contributed by atoms with E-state index in [-0.39, 0.29) is 12.5 Å². The van der Waals surface area contributed by atoms with Crippen molar-refractivity contribution in [2.24, 2.45) is 0 Å². The molecule has 6 nitrogen and oxygen atoms in total. The van der Waals surface area contributed by atoms with E-state index in [9.17, 15) is 5.11 Å². The third kappa shape index (κ3) is 2.82. The second kappa shape index (κ2) is 6.32. The fourth-order valence-electron chi connectivity index (χ4n) is 2.20. The van der Waals surface area contributed by atoms with Crippen LogP contribution in [-0.4, -0.2) is 34.3 Å². The summed E-state index contributed by atoms with van der Waals surface area (Å²) in [5.41, 5.74) is 2.02. The van der Waals surface area contributed by atoms with Gasteiger partial charge in [0.15, 0.2) is 0 Å². The van der Waals surface area contributed by atoms with E-state index in [0.717, 1.165) is 5.69 Å². The molecule has 0 aliphatic rings. The minimum atomic E-state index is -0.166. The Balaban J connectivity index is 2.69. The third-order valence-electron chi connectivity index (χ3n) is 3.16. The summed E-state index contributed by atoms with van der Waals surface area (Å²) in [6.07, 6.45) is 0. The molecule has 0 saturated carbocycles. The molecule has 0 amide bonds. The molecule has 2 aromatic rings. The van der Waals surface area contributed by atoms with Crippen LogP contribution in [-0.2, 0) is 6.61 Å². The predicted molar refractivity (Wildman–Crippen MR) is 79.5 cm³/mol. The minimum Gasteiger partial charge on any atom is -0.495 e. The smallest absolute Gasteiger partial charge is 0.146 e. The van der Waals surface area contributed by atoms with Gasteiger partial charge in [0.05, 0.1) is 31.5 Å². The maximum absolute atomic E-state index is 9.41. The fraction of sp³-hybridized carbons (Fsp3) is 0.429. The Morgan fingerprint density at radius 3 is 2.43 bits per heavy atom. The molecule has 0 spiro atoms. The van der Waals surface area contributed by atoms with Gasteiger partial charge in [-0.15, -0.1) is 5.10 Å². The van der Waals surface area contributed by atoms with Crippen molar-refractivity contribution in [1.29, 1.82) is 0 Å². The van der Waals surface area contributed by atoms with E-state index in [4.69, 9.17) is 21.1 Å². The van der Waals surface area contributed by atoms with Gasteiger partial charge in [0.25, 0.3) is 0 Å². The Kier molecular flexibility index (Phi) is 4.69. The summed E-state index contributed by atoms with van der Waals surface area (Å²) < 4.78 is 12.3. The second-order valence-corrected chi connectivity index (χ2v) is 5.21. The van der Waals surface area contributed by atoms with Gasteiger partial charge in [0, 0.05) is 12.1 Å². The van der Waals surface area contributed by atoms with Gasteiger partial charge in [0.1, 0.15) is 22.9 Å². The van der Waals surface area contributed by atoms with E-state index in [2.05, 4.69) is 10.3 Å². The molecule has 21 heavy (non-hydrogen) atoms. The van der Waals surface area contributed by atoms with Gasteiger partial charge in [-0.3, -0.25) is 0 Å². The number of aromatic nitrogens is 3. The molecule has 0 fully saturated rings. The number of methoxy groups -OCH3 is 2. The molecule has 2 rings (SSSR count). The fourth-order valence-corrected chi connectivity index (χ4v) is 2.43. The molecule has 1 heterocycles. The van der Waals surface area contributed by atoms with E-state index in [0.29, 0.717) is 27.9 Å². The molecule has 0 bridgehead atoms. The van der Waals surface area contributed by atoms with Crippen molar-refractivity contribution in [1.82, 2.24) is 15.0 Å². The molecular formula is C14H18ClN3O3. The number of ether oxygens (including phenoxy) is 2. The van der Waals surface area contributed by atoms with Crippen molar-refractivity contribution in [2.75, 3.05) is 14.2 Å². The number of aliphatic hydroxyl groups is 1. The Hall–Kier alpha value is -1.79. The van der Waals surface area contributed by atoms with Gasteiger partial charge in [-0.1, -0.05) is 30.7 Å². The first-order chi connectivity index (χ1) is 10.0. The molecule has 0 unspecified atom stereocenters. The summed E-state index contributed by atoms with van der Waals surface area (Å²) in [5, 5.41) is 18.0. The highest BCUT2D eigenvalue weighted by molar-refractivity contribution is 6.32. The Bertz CT molecular complexity index is 641. The number of rotatable bonds is 5. The predicted octanol–water partition coefficient (Wildman–Crippen LogP) is 2.55. The van der Waals surface area contributed by atoms with E-state index in [1.165, 1.54) is 0 Å². The van der Waals surface area contributed by atoms with Crippen molar-refractivity contribution in [2.45, 2.75) is 26.4 Å². The molecule has 0 aliphatic carbocycles. The average Bonchev–Trinajstić information content (AvgIpc) is 2.90. The van der Waals surface area contributed by atoms with Crippen LogP contribution in [0.4, 0.5) is 0 Å². The Labute approximate surface area is 128 Å². The van der Waals surface area contributed by atoms with Crippen molar-refractivity contribution in [3.8, 4) is 17.2 Å². The highest BCUT2D eigenvalue weighted by Gasteiger charge is 2.20. The largest absolute Gasteiger partial charge is 0.495 e. The van der Waals surface area contributed by atoms with Crippen LogP contribution in [0.25, 0.3) is 5.69 Å². The number of hydrogen-bond donors (Lipinski definition) is 1. The number of benzene rings is 1. The summed E-state index contributed by atoms with van der Waals surface area (Å²) in [5.74, 6) is 1.20. The van der Waals surface area contributed by atoms with Crippen molar-refractivity contribution >= 4 is 11.6 Å². The monoisotopic (exact) mass is 311 g/mol. The van der Waals surface area contributed by atoms with Crippen LogP contribution in [0.15, 0.2) is 12.1 Å². The summed E-state index contributed by atoms with van der Waals surface area (Å²) >= 11 is 6.11. The van der Waals surface area contributed by atoms with Crippen LogP contribution in [0.1, 0.15) is 31.2 Å². The van der Waals surface area contributed by atoms with Crippen LogP contribution in [0.5, 0.6) is 11.5 Å². The number of halogens is 1. The molecule has 0 saturated heterocycles. The van der Waals surface area contributed by atoms with Gasteiger partial charge in [0.2, 0.25) is 0 Å². The first-order valence-electron chi connectivity index (χ1n) is 6.50. The van der Waals surface area contributed by atoms with Gasteiger partial charge < -0.3 is 14.6 Å². The Morgan fingerprint density at radius 1 is 1.24 bits per heavy atom. The maximum Gasteiger partial charge on any atom is 0.146 e. The summed E-state index contributed by atoms with van der Waals surface area (Å²) in [6, 6.07) is 3.41. The molecule has 1 N–H and O–H groups in total. The molecule has 0 radical (unpaired) electrons. The molecule has 1 aromatic heterocycles. The van der Waals surface area contributed by atoms with E-state index >= 15 is 0 Å². The maximum atomic E-state index is 9.41. The van der Waals surface area contributed by atoms with E-state index in [1.54, 1.807) is 31.0 Å². The summed E-state index contributed by atoms with van der Waals surface area (Å²) in [4.78, 5) is 0.